The van der Waals surface area contributed by atoms with Crippen LogP contribution in [-0.2, 0) is 4.79 Å². The molecule has 45 heavy (non-hydrogen) atoms. The molecule has 7 nitrogen and oxygen atoms in total. The van der Waals surface area contributed by atoms with Crippen LogP contribution in [0.2, 0.25) is 0 Å². The molecule has 1 aliphatic heterocycles. The molecule has 1 N–H and O–H groups in total. The zero-order valence-electron chi connectivity index (χ0n) is 26.2. The van der Waals surface area contributed by atoms with Gasteiger partial charge in [0.05, 0.1) is 31.6 Å². The molecule has 0 aromatic heterocycles. The summed E-state index contributed by atoms with van der Waals surface area (Å²) >= 11 is 0. The molecule has 0 spiro atoms. The summed E-state index contributed by atoms with van der Waals surface area (Å²) in [4.78, 5) is 33.0. The Morgan fingerprint density at radius 2 is 1.49 bits per heavy atom. The number of benzene rings is 4. The number of para-hydroxylation sites is 2. The third-order valence-electron chi connectivity index (χ3n) is 8.94. The van der Waals surface area contributed by atoms with E-state index in [1.165, 1.54) is 0 Å². The number of hydrogen-bond donors (Lipinski definition) is 1. The lowest BCUT2D eigenvalue weighted by Gasteiger charge is -2.35. The van der Waals surface area contributed by atoms with Crippen molar-refractivity contribution in [2.24, 2.45) is 0 Å². The second-order valence-corrected chi connectivity index (χ2v) is 11.4. The van der Waals surface area contributed by atoms with Gasteiger partial charge in [-0.05, 0) is 85.8 Å². The Kier molecular flexibility index (Phi) is 8.60. The van der Waals surface area contributed by atoms with Crippen LogP contribution >= 0.6 is 0 Å². The number of anilines is 3. The van der Waals surface area contributed by atoms with Gasteiger partial charge >= 0.3 is 0 Å². The third-order valence-corrected chi connectivity index (χ3v) is 8.94. The number of hydrogen-bond acceptors (Lipinski definition) is 6. The molecular weight excluding hydrogens is 562 g/mol. The average molecular weight is 602 g/mol. The van der Waals surface area contributed by atoms with Gasteiger partial charge in [-0.25, -0.2) is 0 Å². The van der Waals surface area contributed by atoms with E-state index in [0.29, 0.717) is 35.5 Å². The van der Waals surface area contributed by atoms with Crippen molar-refractivity contribution < 1.29 is 19.1 Å². The van der Waals surface area contributed by atoms with Crippen LogP contribution in [0.5, 0.6) is 11.5 Å². The number of carbonyl (C=O) groups is 2. The summed E-state index contributed by atoms with van der Waals surface area (Å²) in [7, 11) is 3.23. The predicted molar refractivity (Wildman–Crippen MR) is 180 cm³/mol. The highest BCUT2D eigenvalue weighted by molar-refractivity contribution is 6.12. The van der Waals surface area contributed by atoms with Crippen molar-refractivity contribution in [3.63, 3.8) is 0 Å². The Hall–Kier alpha value is -5.04. The smallest absolute Gasteiger partial charge is 0.259 e. The van der Waals surface area contributed by atoms with Crippen LogP contribution in [0.4, 0.5) is 17.1 Å². The third kappa shape index (κ3) is 5.66. The molecule has 4 aromatic rings. The van der Waals surface area contributed by atoms with Gasteiger partial charge in [-0.1, -0.05) is 48.5 Å². The number of ether oxygens (including phenoxy) is 2. The molecule has 2 atom stereocenters. The van der Waals surface area contributed by atoms with Gasteiger partial charge in [0, 0.05) is 42.0 Å². The first-order valence-corrected chi connectivity index (χ1v) is 15.5. The van der Waals surface area contributed by atoms with Crippen LogP contribution in [0.15, 0.2) is 108 Å². The topological polar surface area (TPSA) is 71.1 Å². The highest BCUT2D eigenvalue weighted by Gasteiger charge is 2.42. The minimum absolute atomic E-state index is 0.0139. The normalized spacial score (nSPS) is 17.5. The van der Waals surface area contributed by atoms with Crippen molar-refractivity contribution in [1.29, 1.82) is 0 Å². The Morgan fingerprint density at radius 1 is 0.822 bits per heavy atom. The number of rotatable bonds is 8. The second-order valence-electron chi connectivity index (χ2n) is 11.4. The number of Topliss-reactive ketones (excluding diaryl/α,β-unsaturated/α-hetero) is 1. The van der Waals surface area contributed by atoms with E-state index < -0.39 is 6.04 Å². The van der Waals surface area contributed by atoms with Crippen molar-refractivity contribution in [2.75, 3.05) is 42.4 Å². The largest absolute Gasteiger partial charge is 0.493 e. The van der Waals surface area contributed by atoms with Gasteiger partial charge in [-0.2, -0.15) is 0 Å². The van der Waals surface area contributed by atoms with E-state index in [0.717, 1.165) is 47.0 Å². The van der Waals surface area contributed by atoms with Gasteiger partial charge in [0.2, 0.25) is 0 Å². The fraction of sp³-hybridized carbons (Fsp3) is 0.263. The van der Waals surface area contributed by atoms with Crippen LogP contribution in [0.3, 0.4) is 0 Å². The minimum Gasteiger partial charge on any atom is -0.493 e. The molecule has 0 saturated heterocycles. The van der Waals surface area contributed by atoms with Crippen molar-refractivity contribution in [3.05, 3.63) is 125 Å². The van der Waals surface area contributed by atoms with Gasteiger partial charge < -0.3 is 19.7 Å². The molecule has 6 rings (SSSR count). The molecule has 2 unspecified atom stereocenters. The van der Waals surface area contributed by atoms with Gasteiger partial charge in [-0.3, -0.25) is 14.5 Å². The van der Waals surface area contributed by atoms with Crippen molar-refractivity contribution in [3.8, 4) is 11.5 Å². The number of amides is 1. The predicted octanol–water partition coefficient (Wildman–Crippen LogP) is 7.76. The molecule has 0 saturated carbocycles. The van der Waals surface area contributed by atoms with E-state index in [4.69, 9.17) is 9.47 Å². The van der Waals surface area contributed by atoms with Crippen molar-refractivity contribution >= 4 is 28.8 Å². The first kappa shape index (κ1) is 30.0. The van der Waals surface area contributed by atoms with Crippen LogP contribution in [0.1, 0.15) is 60.1 Å². The number of carbonyl (C=O) groups excluding carboxylic acids is 2. The lowest BCUT2D eigenvalue weighted by Crippen LogP contribution is -2.38. The molecule has 7 heteroatoms. The van der Waals surface area contributed by atoms with E-state index in [2.05, 4.69) is 48.3 Å². The highest BCUT2D eigenvalue weighted by atomic mass is 16.5. The van der Waals surface area contributed by atoms with Gasteiger partial charge in [0.1, 0.15) is 0 Å². The molecule has 2 aliphatic rings. The first-order valence-electron chi connectivity index (χ1n) is 15.5. The number of ketones is 1. The fourth-order valence-corrected chi connectivity index (χ4v) is 6.65. The quantitative estimate of drug-likeness (QED) is 0.223. The average Bonchev–Trinajstić information content (AvgIpc) is 3.23. The second kappa shape index (κ2) is 12.9. The molecule has 0 bridgehead atoms. The maximum absolute atomic E-state index is 14.5. The number of nitrogens with one attached hydrogen (secondary N) is 1. The summed E-state index contributed by atoms with van der Waals surface area (Å²) in [6, 6.07) is 30.7. The monoisotopic (exact) mass is 601 g/mol. The summed E-state index contributed by atoms with van der Waals surface area (Å²) in [5, 5.41) is 3.63. The number of nitrogens with zero attached hydrogens (tertiary/aromatic N) is 2. The van der Waals surface area contributed by atoms with E-state index in [1.54, 1.807) is 19.1 Å². The SMILES string of the molecule is CCN(CC)c1ccc(C2C3=C(CC(c4ccc(OC)c(OC)c4)CC3=O)Nc3ccccc3N2C(=O)c2ccccc2)cc1. The summed E-state index contributed by atoms with van der Waals surface area (Å²) in [6.07, 6.45) is 0.917. The summed E-state index contributed by atoms with van der Waals surface area (Å²) < 4.78 is 11.0. The molecule has 1 aliphatic carbocycles. The lowest BCUT2D eigenvalue weighted by molar-refractivity contribution is -0.116. The fourth-order valence-electron chi connectivity index (χ4n) is 6.65. The molecule has 4 aromatic carbocycles. The highest BCUT2D eigenvalue weighted by Crippen LogP contribution is 2.48. The van der Waals surface area contributed by atoms with Gasteiger partial charge in [-0.15, -0.1) is 0 Å². The van der Waals surface area contributed by atoms with Gasteiger partial charge in [0.15, 0.2) is 17.3 Å². The van der Waals surface area contributed by atoms with Crippen molar-refractivity contribution in [1.82, 2.24) is 0 Å². The maximum atomic E-state index is 14.5. The maximum Gasteiger partial charge on any atom is 0.259 e. The number of allylic oxidation sites excluding steroid dienone is 1. The Morgan fingerprint density at radius 3 is 2.18 bits per heavy atom. The summed E-state index contributed by atoms with van der Waals surface area (Å²) in [6.45, 7) is 6.05. The number of methoxy groups -OCH3 is 2. The molecule has 0 fully saturated rings. The van der Waals surface area contributed by atoms with Crippen LogP contribution in [-0.4, -0.2) is 39.0 Å². The molecule has 230 valence electrons. The van der Waals surface area contributed by atoms with Crippen LogP contribution < -0.4 is 24.6 Å². The van der Waals surface area contributed by atoms with E-state index >= 15 is 0 Å². The lowest BCUT2D eigenvalue weighted by atomic mass is 9.78. The van der Waals surface area contributed by atoms with Gasteiger partial charge in [0.25, 0.3) is 5.91 Å². The standard InChI is InChI=1S/C38H39N3O4/c1-5-40(6-2)29-19-16-25(17-20-29)37-36-31(22-28(23-33(36)42)27-18-21-34(44-3)35(24-27)45-4)39-30-14-10-11-15-32(30)41(37)38(43)26-12-8-7-9-13-26/h7-21,24,28,37,39H,5-6,22-23H2,1-4H3. The molecule has 1 heterocycles. The minimum atomic E-state index is -0.617. The van der Waals surface area contributed by atoms with E-state index in [-0.39, 0.29) is 17.6 Å². The van der Waals surface area contributed by atoms with Crippen LogP contribution in [0, 0.1) is 0 Å². The zero-order chi connectivity index (χ0) is 31.5. The zero-order valence-corrected chi connectivity index (χ0v) is 26.2. The van der Waals surface area contributed by atoms with Crippen LogP contribution in [0.25, 0.3) is 0 Å². The summed E-state index contributed by atoms with van der Waals surface area (Å²) in [5.41, 5.74) is 6.54. The molecule has 1 amide bonds. The van der Waals surface area contributed by atoms with E-state index in [1.807, 2.05) is 72.8 Å². The van der Waals surface area contributed by atoms with E-state index in [9.17, 15) is 9.59 Å². The number of fused-ring (bicyclic) bond motifs is 1. The Balaban J connectivity index is 1.52. The molecule has 0 radical (unpaired) electrons. The Labute approximate surface area is 265 Å². The summed E-state index contributed by atoms with van der Waals surface area (Å²) in [5.74, 6) is 1.06. The Bertz CT molecular complexity index is 1730. The molecular formula is C38H39N3O4. The van der Waals surface area contributed by atoms with Crippen molar-refractivity contribution in [2.45, 2.75) is 38.6 Å². The first-order chi connectivity index (χ1) is 22.0.